The first-order chi connectivity index (χ1) is 8.16. The van der Waals surface area contributed by atoms with Gasteiger partial charge in [0.1, 0.15) is 0 Å². The van der Waals surface area contributed by atoms with Crippen LogP contribution in [-0.4, -0.2) is 66.5 Å². The van der Waals surface area contributed by atoms with Crippen molar-refractivity contribution in [2.24, 2.45) is 5.92 Å². The molecule has 0 N–H and O–H groups in total. The van der Waals surface area contributed by atoms with E-state index in [1.807, 2.05) is 9.80 Å². The molecule has 0 radical (unpaired) electrons. The Labute approximate surface area is 105 Å². The molecule has 4 heteroatoms. The van der Waals surface area contributed by atoms with Crippen LogP contribution < -0.4 is 0 Å². The molecule has 0 aromatic rings. The zero-order valence-corrected chi connectivity index (χ0v) is 11.2. The van der Waals surface area contributed by atoms with Crippen molar-refractivity contribution in [3.8, 4) is 0 Å². The van der Waals surface area contributed by atoms with Crippen molar-refractivity contribution in [1.82, 2.24) is 14.7 Å². The van der Waals surface area contributed by atoms with Gasteiger partial charge in [0.25, 0.3) is 0 Å². The number of carbonyl (C=O) groups excluding carboxylic acids is 1. The molecule has 2 amide bonds. The molecule has 0 spiro atoms. The average molecular weight is 239 g/mol. The fraction of sp³-hybridized carbons (Fsp3) is 0.923. The van der Waals surface area contributed by atoms with Crippen LogP contribution in [0.5, 0.6) is 0 Å². The van der Waals surface area contributed by atoms with Crippen LogP contribution in [0.4, 0.5) is 4.79 Å². The van der Waals surface area contributed by atoms with Crippen LogP contribution >= 0.6 is 0 Å². The number of urea groups is 1. The van der Waals surface area contributed by atoms with Crippen LogP contribution in [0.25, 0.3) is 0 Å². The molecule has 0 aromatic carbocycles. The molecule has 0 atom stereocenters. The molecule has 4 nitrogen and oxygen atoms in total. The maximum Gasteiger partial charge on any atom is 0.320 e. The van der Waals surface area contributed by atoms with Gasteiger partial charge in [-0.3, -0.25) is 4.90 Å². The van der Waals surface area contributed by atoms with E-state index in [4.69, 9.17) is 0 Å². The molecule has 2 rings (SSSR count). The molecule has 2 heterocycles. The Morgan fingerprint density at radius 3 is 2.06 bits per heavy atom. The van der Waals surface area contributed by atoms with Crippen molar-refractivity contribution in [2.75, 3.05) is 45.8 Å². The largest absolute Gasteiger partial charge is 0.325 e. The third-order valence-electron chi connectivity index (χ3n) is 3.79. The molecule has 2 aliphatic heterocycles. The lowest BCUT2D eigenvalue weighted by atomic mass is 10.1. The van der Waals surface area contributed by atoms with Gasteiger partial charge in [0.2, 0.25) is 0 Å². The number of amides is 2. The average Bonchev–Trinajstić information content (AvgIpc) is 2.24. The molecular weight excluding hydrogens is 214 g/mol. The molecule has 0 unspecified atom stereocenters. The maximum atomic E-state index is 12.0. The minimum Gasteiger partial charge on any atom is -0.325 e. The summed E-state index contributed by atoms with van der Waals surface area (Å²) in [6, 6.07) is 0.264. The summed E-state index contributed by atoms with van der Waals surface area (Å²) in [7, 11) is 0. The lowest BCUT2D eigenvalue weighted by Gasteiger charge is -2.40. The summed E-state index contributed by atoms with van der Waals surface area (Å²) in [6.07, 6.45) is 2.44. The highest BCUT2D eigenvalue weighted by Gasteiger charge is 2.27. The molecule has 17 heavy (non-hydrogen) atoms. The van der Waals surface area contributed by atoms with Crippen LogP contribution in [0, 0.1) is 5.92 Å². The second kappa shape index (κ2) is 5.71. The summed E-state index contributed by atoms with van der Waals surface area (Å²) in [5.74, 6) is 0.774. The summed E-state index contributed by atoms with van der Waals surface area (Å²) in [5.41, 5.74) is 0. The van der Waals surface area contributed by atoms with E-state index in [-0.39, 0.29) is 6.03 Å². The fourth-order valence-corrected chi connectivity index (χ4v) is 2.31. The molecule has 2 aliphatic rings. The first-order valence-electron chi connectivity index (χ1n) is 6.93. The maximum absolute atomic E-state index is 12.0. The summed E-state index contributed by atoms with van der Waals surface area (Å²) in [6.45, 7) is 11.6. The summed E-state index contributed by atoms with van der Waals surface area (Å²) in [5, 5.41) is 0. The highest BCUT2D eigenvalue weighted by molar-refractivity contribution is 5.75. The smallest absolute Gasteiger partial charge is 0.320 e. The van der Waals surface area contributed by atoms with Crippen molar-refractivity contribution in [2.45, 2.75) is 26.7 Å². The van der Waals surface area contributed by atoms with Gasteiger partial charge in [-0.25, -0.2) is 4.79 Å². The van der Waals surface area contributed by atoms with Gasteiger partial charge in [0.05, 0.1) is 0 Å². The molecule has 0 aliphatic carbocycles. The number of nitrogens with zero attached hydrogens (tertiary/aromatic N) is 3. The number of hydrogen-bond acceptors (Lipinski definition) is 2. The fourth-order valence-electron chi connectivity index (χ4n) is 2.31. The molecule has 0 bridgehead atoms. The topological polar surface area (TPSA) is 26.8 Å². The van der Waals surface area contributed by atoms with E-state index in [2.05, 4.69) is 18.7 Å². The Morgan fingerprint density at radius 1 is 1.00 bits per heavy atom. The molecule has 0 aromatic heterocycles. The highest BCUT2D eigenvalue weighted by atomic mass is 16.2. The van der Waals surface area contributed by atoms with Crippen LogP contribution in [0.15, 0.2) is 0 Å². The van der Waals surface area contributed by atoms with E-state index in [1.165, 1.54) is 19.4 Å². The van der Waals surface area contributed by atoms with Crippen molar-refractivity contribution < 1.29 is 4.79 Å². The van der Waals surface area contributed by atoms with Crippen LogP contribution in [-0.2, 0) is 0 Å². The minimum atomic E-state index is 0.264. The van der Waals surface area contributed by atoms with E-state index in [0.29, 0.717) is 0 Å². The predicted molar refractivity (Wildman–Crippen MR) is 69.1 cm³/mol. The quantitative estimate of drug-likeness (QED) is 0.746. The van der Waals surface area contributed by atoms with E-state index in [9.17, 15) is 4.79 Å². The van der Waals surface area contributed by atoms with Gasteiger partial charge in [-0.05, 0) is 25.3 Å². The van der Waals surface area contributed by atoms with Crippen molar-refractivity contribution >= 4 is 6.03 Å². The predicted octanol–water partition coefficient (Wildman–Crippen LogP) is 1.48. The van der Waals surface area contributed by atoms with Gasteiger partial charge in [0.15, 0.2) is 0 Å². The van der Waals surface area contributed by atoms with E-state index >= 15 is 0 Å². The van der Waals surface area contributed by atoms with E-state index in [1.54, 1.807) is 0 Å². The van der Waals surface area contributed by atoms with Crippen LogP contribution in [0.2, 0.25) is 0 Å². The SMILES string of the molecule is CC(C)CCN1CCN(C(=O)N2CCC2)CC1. The second-order valence-corrected chi connectivity index (χ2v) is 5.63. The third-order valence-corrected chi connectivity index (χ3v) is 3.79. The number of piperazine rings is 1. The monoisotopic (exact) mass is 239 g/mol. The van der Waals surface area contributed by atoms with Gasteiger partial charge < -0.3 is 9.80 Å². The van der Waals surface area contributed by atoms with Crippen LogP contribution in [0.1, 0.15) is 26.7 Å². The molecular formula is C13H25N3O. The Hall–Kier alpha value is -0.770. The summed E-state index contributed by atoms with van der Waals surface area (Å²) in [4.78, 5) is 18.5. The Balaban J connectivity index is 1.68. The zero-order valence-electron chi connectivity index (χ0n) is 11.2. The third kappa shape index (κ3) is 3.35. The van der Waals surface area contributed by atoms with Gasteiger partial charge in [-0.15, -0.1) is 0 Å². The van der Waals surface area contributed by atoms with Crippen molar-refractivity contribution in [3.05, 3.63) is 0 Å². The lowest BCUT2D eigenvalue weighted by molar-refractivity contribution is 0.0946. The summed E-state index contributed by atoms with van der Waals surface area (Å²) >= 11 is 0. The number of hydrogen-bond donors (Lipinski definition) is 0. The van der Waals surface area contributed by atoms with Gasteiger partial charge >= 0.3 is 6.03 Å². The number of rotatable bonds is 3. The first kappa shape index (κ1) is 12.7. The number of likely N-dealkylation sites (tertiary alicyclic amines) is 1. The van der Waals surface area contributed by atoms with Crippen LogP contribution in [0.3, 0.4) is 0 Å². The van der Waals surface area contributed by atoms with Crippen molar-refractivity contribution in [1.29, 1.82) is 0 Å². The minimum absolute atomic E-state index is 0.264. The Morgan fingerprint density at radius 2 is 1.59 bits per heavy atom. The second-order valence-electron chi connectivity index (χ2n) is 5.63. The van der Waals surface area contributed by atoms with Gasteiger partial charge in [-0.1, -0.05) is 13.8 Å². The summed E-state index contributed by atoms with van der Waals surface area (Å²) < 4.78 is 0. The molecule has 0 saturated carbocycles. The Bertz CT molecular complexity index is 255. The van der Waals surface area contributed by atoms with Crippen molar-refractivity contribution in [3.63, 3.8) is 0 Å². The van der Waals surface area contributed by atoms with Gasteiger partial charge in [0, 0.05) is 39.3 Å². The van der Waals surface area contributed by atoms with E-state index in [0.717, 1.165) is 45.2 Å². The Kier molecular flexibility index (Phi) is 4.26. The number of carbonyl (C=O) groups is 1. The molecule has 2 saturated heterocycles. The van der Waals surface area contributed by atoms with E-state index < -0.39 is 0 Å². The molecule has 2 fully saturated rings. The first-order valence-corrected chi connectivity index (χ1v) is 6.93. The van der Waals surface area contributed by atoms with Gasteiger partial charge in [-0.2, -0.15) is 0 Å². The molecule has 98 valence electrons. The standard InChI is InChI=1S/C13H25N3O/c1-12(2)4-7-14-8-10-16(11-9-14)13(17)15-5-3-6-15/h12H,3-11H2,1-2H3. The lowest BCUT2D eigenvalue weighted by Crippen LogP contribution is -2.55. The zero-order chi connectivity index (χ0) is 12.3. The normalized spacial score (nSPS) is 21.8. The highest BCUT2D eigenvalue weighted by Crippen LogP contribution is 2.12.